The molecule has 0 spiro atoms. The second kappa shape index (κ2) is 7.57. The van der Waals surface area contributed by atoms with Crippen LogP contribution in [0.2, 0.25) is 0 Å². The van der Waals surface area contributed by atoms with Gasteiger partial charge in [-0.15, -0.1) is 5.10 Å². The number of carbonyl (C=O) groups excluding carboxylic acids is 1. The Labute approximate surface area is 160 Å². The molecule has 142 valence electrons. The molecule has 0 radical (unpaired) electrons. The lowest BCUT2D eigenvalue weighted by molar-refractivity contribution is -0.384. The highest BCUT2D eigenvalue weighted by Gasteiger charge is 2.35. The Morgan fingerprint density at radius 1 is 1.14 bits per heavy atom. The molecule has 0 aliphatic carbocycles. The molecule has 2 aliphatic rings. The summed E-state index contributed by atoms with van der Waals surface area (Å²) >= 11 is 0. The summed E-state index contributed by atoms with van der Waals surface area (Å²) in [4.78, 5) is 29.6. The zero-order chi connectivity index (χ0) is 19.5. The van der Waals surface area contributed by atoms with E-state index in [1.807, 2.05) is 11.0 Å². The number of nitro benzene ring substituents is 1. The molecule has 1 amide bonds. The van der Waals surface area contributed by atoms with Gasteiger partial charge < -0.3 is 9.64 Å². The van der Waals surface area contributed by atoms with Crippen molar-refractivity contribution in [1.29, 1.82) is 0 Å². The maximum absolute atomic E-state index is 13.1. The van der Waals surface area contributed by atoms with E-state index in [0.717, 1.165) is 5.56 Å². The zero-order valence-electron chi connectivity index (χ0n) is 14.9. The van der Waals surface area contributed by atoms with Gasteiger partial charge in [0.15, 0.2) is 5.84 Å². The number of amides is 1. The van der Waals surface area contributed by atoms with Crippen molar-refractivity contribution in [3.05, 3.63) is 70.0 Å². The minimum absolute atomic E-state index is 0.0427. The second-order valence-corrected chi connectivity index (χ2v) is 6.26. The van der Waals surface area contributed by atoms with Crippen LogP contribution < -0.4 is 5.01 Å². The number of benzene rings is 1. The Kier molecular flexibility index (Phi) is 4.81. The molecule has 9 heteroatoms. The SMILES string of the molecule is O=C1C(=Cc2cccnc2)C(N2CCOCC2)=NN1c1ccc([N+](=O)[O-])cc1. The molecule has 0 bridgehead atoms. The van der Waals surface area contributed by atoms with Crippen LogP contribution in [0, 0.1) is 10.1 Å². The van der Waals surface area contributed by atoms with Crippen LogP contribution in [0.4, 0.5) is 11.4 Å². The van der Waals surface area contributed by atoms with Crippen LogP contribution >= 0.6 is 0 Å². The number of hydrogen-bond acceptors (Lipinski definition) is 7. The Hall–Kier alpha value is -3.59. The molecule has 0 saturated carbocycles. The number of amidine groups is 1. The Balaban J connectivity index is 1.71. The summed E-state index contributed by atoms with van der Waals surface area (Å²) in [6.07, 6.45) is 5.10. The highest BCUT2D eigenvalue weighted by Crippen LogP contribution is 2.28. The molecular formula is C19H17N5O4. The average Bonchev–Trinajstić information content (AvgIpc) is 3.06. The van der Waals surface area contributed by atoms with Crippen molar-refractivity contribution < 1.29 is 14.5 Å². The van der Waals surface area contributed by atoms with Gasteiger partial charge in [-0.05, 0) is 29.8 Å². The molecule has 9 nitrogen and oxygen atoms in total. The second-order valence-electron chi connectivity index (χ2n) is 6.26. The van der Waals surface area contributed by atoms with E-state index in [1.165, 1.54) is 29.3 Å². The first kappa shape index (κ1) is 17.8. The van der Waals surface area contributed by atoms with Crippen molar-refractivity contribution in [2.24, 2.45) is 5.10 Å². The molecule has 0 N–H and O–H groups in total. The van der Waals surface area contributed by atoms with Gasteiger partial charge in [0.2, 0.25) is 0 Å². The lowest BCUT2D eigenvalue weighted by atomic mass is 10.1. The van der Waals surface area contributed by atoms with Crippen LogP contribution in [0.5, 0.6) is 0 Å². The largest absolute Gasteiger partial charge is 0.378 e. The maximum atomic E-state index is 13.1. The van der Waals surface area contributed by atoms with Gasteiger partial charge in [0.25, 0.3) is 11.6 Å². The lowest BCUT2D eigenvalue weighted by Crippen LogP contribution is -2.41. The summed E-state index contributed by atoms with van der Waals surface area (Å²) < 4.78 is 5.40. The van der Waals surface area contributed by atoms with Crippen molar-refractivity contribution >= 4 is 29.2 Å². The van der Waals surface area contributed by atoms with Crippen molar-refractivity contribution in [3.63, 3.8) is 0 Å². The van der Waals surface area contributed by atoms with E-state index in [-0.39, 0.29) is 11.6 Å². The van der Waals surface area contributed by atoms with Gasteiger partial charge >= 0.3 is 0 Å². The van der Waals surface area contributed by atoms with Crippen molar-refractivity contribution in [2.75, 3.05) is 31.3 Å². The topological polar surface area (TPSA) is 101 Å². The number of non-ortho nitro benzene ring substituents is 1. The van der Waals surface area contributed by atoms with E-state index in [0.29, 0.717) is 43.4 Å². The van der Waals surface area contributed by atoms with Crippen molar-refractivity contribution in [2.45, 2.75) is 0 Å². The molecule has 2 aliphatic heterocycles. The quantitative estimate of drug-likeness (QED) is 0.460. The normalized spacial score (nSPS) is 18.5. The number of hydrogen-bond donors (Lipinski definition) is 0. The van der Waals surface area contributed by atoms with Gasteiger partial charge in [-0.2, -0.15) is 5.01 Å². The molecule has 28 heavy (non-hydrogen) atoms. The summed E-state index contributed by atoms with van der Waals surface area (Å²) in [7, 11) is 0. The van der Waals surface area contributed by atoms with Crippen LogP contribution in [-0.4, -0.2) is 52.9 Å². The highest BCUT2D eigenvalue weighted by molar-refractivity contribution is 6.32. The lowest BCUT2D eigenvalue weighted by Gasteiger charge is -2.28. The third-order valence-corrected chi connectivity index (χ3v) is 4.47. The molecule has 3 heterocycles. The molecule has 1 saturated heterocycles. The van der Waals surface area contributed by atoms with Crippen molar-refractivity contribution in [3.8, 4) is 0 Å². The Bertz CT molecular complexity index is 950. The highest BCUT2D eigenvalue weighted by atomic mass is 16.6. The van der Waals surface area contributed by atoms with Gasteiger partial charge in [0.1, 0.15) is 0 Å². The van der Waals surface area contributed by atoms with E-state index >= 15 is 0 Å². The van der Waals surface area contributed by atoms with Gasteiger partial charge in [0.05, 0.1) is 29.4 Å². The standard InChI is InChI=1S/C19H17N5O4/c25-19-17(12-14-2-1-7-20-13-14)18(22-8-10-28-11-9-22)21-23(19)15-3-5-16(6-4-15)24(26)27/h1-7,12-13H,8-11H2. The Morgan fingerprint density at radius 3 is 2.54 bits per heavy atom. The van der Waals surface area contributed by atoms with Crippen LogP contribution in [0.15, 0.2) is 59.5 Å². The number of nitro groups is 1. The fourth-order valence-corrected chi connectivity index (χ4v) is 3.06. The fourth-order valence-electron chi connectivity index (χ4n) is 3.06. The first-order chi connectivity index (χ1) is 13.6. The number of carbonyl (C=O) groups is 1. The summed E-state index contributed by atoms with van der Waals surface area (Å²) in [6, 6.07) is 9.40. The minimum Gasteiger partial charge on any atom is -0.378 e. The number of anilines is 1. The molecule has 1 fully saturated rings. The maximum Gasteiger partial charge on any atom is 0.282 e. The zero-order valence-corrected chi connectivity index (χ0v) is 14.9. The van der Waals surface area contributed by atoms with E-state index in [2.05, 4.69) is 10.1 Å². The predicted octanol–water partition coefficient (Wildman–Crippen LogP) is 2.07. The molecule has 1 aromatic carbocycles. The van der Waals surface area contributed by atoms with Crippen LogP contribution in [-0.2, 0) is 9.53 Å². The van der Waals surface area contributed by atoms with Gasteiger partial charge in [-0.25, -0.2) is 0 Å². The van der Waals surface area contributed by atoms with Gasteiger partial charge in [-0.1, -0.05) is 6.07 Å². The molecular weight excluding hydrogens is 362 g/mol. The molecule has 2 aromatic rings. The first-order valence-corrected chi connectivity index (χ1v) is 8.76. The average molecular weight is 379 g/mol. The van der Waals surface area contributed by atoms with E-state index in [9.17, 15) is 14.9 Å². The van der Waals surface area contributed by atoms with E-state index < -0.39 is 4.92 Å². The smallest absolute Gasteiger partial charge is 0.282 e. The molecule has 0 unspecified atom stereocenters. The summed E-state index contributed by atoms with van der Waals surface area (Å²) in [5.41, 5.74) is 1.67. The van der Waals surface area contributed by atoms with Crippen LogP contribution in [0.3, 0.4) is 0 Å². The van der Waals surface area contributed by atoms with Crippen LogP contribution in [0.25, 0.3) is 6.08 Å². The van der Waals surface area contributed by atoms with Gasteiger partial charge in [-0.3, -0.25) is 19.9 Å². The summed E-state index contributed by atoms with van der Waals surface area (Å²) in [5.74, 6) is 0.273. The van der Waals surface area contributed by atoms with Gasteiger partial charge in [0, 0.05) is 37.6 Å². The number of ether oxygens (including phenoxy) is 1. The van der Waals surface area contributed by atoms with E-state index in [1.54, 1.807) is 24.5 Å². The number of rotatable bonds is 3. The number of pyridine rings is 1. The molecule has 0 atom stereocenters. The summed E-state index contributed by atoms with van der Waals surface area (Å²) in [6.45, 7) is 2.38. The minimum atomic E-state index is -0.480. The summed E-state index contributed by atoms with van der Waals surface area (Å²) in [5, 5.41) is 16.7. The Morgan fingerprint density at radius 2 is 1.89 bits per heavy atom. The molecule has 4 rings (SSSR count). The predicted molar refractivity (Wildman–Crippen MR) is 103 cm³/mol. The van der Waals surface area contributed by atoms with Crippen LogP contribution in [0.1, 0.15) is 5.56 Å². The first-order valence-electron chi connectivity index (χ1n) is 8.76. The third-order valence-electron chi connectivity index (χ3n) is 4.47. The van der Waals surface area contributed by atoms with E-state index in [4.69, 9.17) is 4.74 Å². The number of morpholine rings is 1. The molecule has 1 aromatic heterocycles. The number of hydrazone groups is 1. The monoisotopic (exact) mass is 379 g/mol. The van der Waals surface area contributed by atoms with Crippen molar-refractivity contribution in [1.82, 2.24) is 9.88 Å². The third kappa shape index (κ3) is 3.47. The number of nitrogens with zero attached hydrogens (tertiary/aromatic N) is 5. The number of aromatic nitrogens is 1. The fraction of sp³-hybridized carbons (Fsp3) is 0.211.